The van der Waals surface area contributed by atoms with Crippen LogP contribution in [0.4, 0.5) is 0 Å². The monoisotopic (exact) mass is 443 g/mol. The first kappa shape index (κ1) is 23.9. The SMILES string of the molecule is COCCN1CCN(C(=O)CCc2nnc(-c3ccc(OCC(C)C)cc3)[nH]c2=O)CC1. The van der Waals surface area contributed by atoms with Crippen molar-refractivity contribution in [1.82, 2.24) is 25.0 Å². The number of carbonyl (C=O) groups excluding carboxylic acids is 1. The molecular weight excluding hydrogens is 410 g/mol. The Morgan fingerprint density at radius 2 is 1.84 bits per heavy atom. The molecule has 174 valence electrons. The topological polar surface area (TPSA) is 101 Å². The minimum absolute atomic E-state index is 0.0404. The van der Waals surface area contributed by atoms with Crippen LogP contribution in [0.1, 0.15) is 26.0 Å². The zero-order chi connectivity index (χ0) is 22.9. The van der Waals surface area contributed by atoms with E-state index in [2.05, 4.69) is 33.9 Å². The van der Waals surface area contributed by atoms with Crippen molar-refractivity contribution in [3.05, 3.63) is 40.3 Å². The van der Waals surface area contributed by atoms with Gasteiger partial charge in [0.05, 0.1) is 13.2 Å². The summed E-state index contributed by atoms with van der Waals surface area (Å²) in [6.07, 6.45) is 0.518. The molecule has 1 fully saturated rings. The van der Waals surface area contributed by atoms with Gasteiger partial charge in [-0.05, 0) is 30.2 Å². The predicted octanol–water partition coefficient (Wildman–Crippen LogP) is 1.59. The molecule has 0 aliphatic carbocycles. The molecule has 0 unspecified atom stereocenters. The Morgan fingerprint density at radius 3 is 2.47 bits per heavy atom. The molecule has 1 aromatic heterocycles. The molecule has 2 aromatic rings. The van der Waals surface area contributed by atoms with E-state index in [1.54, 1.807) is 7.11 Å². The number of nitrogens with one attached hydrogen (secondary N) is 1. The van der Waals surface area contributed by atoms with Crippen LogP contribution in [-0.2, 0) is 16.0 Å². The summed E-state index contributed by atoms with van der Waals surface area (Å²) < 4.78 is 10.8. The molecule has 0 bridgehead atoms. The summed E-state index contributed by atoms with van der Waals surface area (Å²) in [5.74, 6) is 1.65. The Kier molecular flexibility index (Phi) is 8.75. The number of ether oxygens (including phenoxy) is 2. The van der Waals surface area contributed by atoms with E-state index >= 15 is 0 Å². The third-order valence-corrected chi connectivity index (χ3v) is 5.39. The first-order valence-electron chi connectivity index (χ1n) is 11.1. The number of rotatable bonds is 10. The summed E-state index contributed by atoms with van der Waals surface area (Å²) in [4.78, 5) is 31.9. The van der Waals surface area contributed by atoms with Crippen LogP contribution in [0, 0.1) is 5.92 Å². The summed E-state index contributed by atoms with van der Waals surface area (Å²) in [6, 6.07) is 7.37. The minimum Gasteiger partial charge on any atom is -0.493 e. The van der Waals surface area contributed by atoms with E-state index in [-0.39, 0.29) is 30.0 Å². The second-order valence-electron chi connectivity index (χ2n) is 8.39. The first-order chi connectivity index (χ1) is 15.5. The van der Waals surface area contributed by atoms with Gasteiger partial charge >= 0.3 is 0 Å². The van der Waals surface area contributed by atoms with Crippen LogP contribution in [0.2, 0.25) is 0 Å². The Hall–Kier alpha value is -2.78. The number of piperazine rings is 1. The van der Waals surface area contributed by atoms with Crippen LogP contribution in [0.3, 0.4) is 0 Å². The van der Waals surface area contributed by atoms with E-state index in [1.165, 1.54) is 0 Å². The van der Waals surface area contributed by atoms with Gasteiger partial charge in [-0.1, -0.05) is 13.8 Å². The second-order valence-corrected chi connectivity index (χ2v) is 8.39. The Balaban J connectivity index is 1.51. The molecule has 1 aliphatic heterocycles. The number of benzene rings is 1. The maximum Gasteiger partial charge on any atom is 0.273 e. The zero-order valence-electron chi connectivity index (χ0n) is 19.2. The van der Waals surface area contributed by atoms with Gasteiger partial charge in [0.25, 0.3) is 5.56 Å². The maximum atomic E-state index is 12.5. The van der Waals surface area contributed by atoms with E-state index in [0.717, 1.165) is 30.9 Å². The number of H-pyrrole nitrogens is 1. The van der Waals surface area contributed by atoms with Gasteiger partial charge in [0.1, 0.15) is 11.4 Å². The molecule has 1 amide bonds. The fraction of sp³-hybridized carbons (Fsp3) is 0.565. The number of aromatic amines is 1. The van der Waals surface area contributed by atoms with Gasteiger partial charge in [-0.25, -0.2) is 0 Å². The quantitative estimate of drug-likeness (QED) is 0.595. The highest BCUT2D eigenvalue weighted by Crippen LogP contribution is 2.19. The fourth-order valence-corrected chi connectivity index (χ4v) is 3.45. The van der Waals surface area contributed by atoms with E-state index in [9.17, 15) is 9.59 Å². The number of methoxy groups -OCH3 is 1. The van der Waals surface area contributed by atoms with Crippen molar-refractivity contribution in [1.29, 1.82) is 0 Å². The third-order valence-electron chi connectivity index (χ3n) is 5.39. The summed E-state index contributed by atoms with van der Waals surface area (Å²) in [5, 5.41) is 8.23. The highest BCUT2D eigenvalue weighted by molar-refractivity contribution is 5.76. The summed E-state index contributed by atoms with van der Waals surface area (Å²) in [6.45, 7) is 9.47. The standard InChI is InChI=1S/C23H33N5O4/c1-17(2)16-32-19-6-4-18(5-7-19)22-24-23(30)20(25-26-22)8-9-21(29)28-12-10-27(11-13-28)14-15-31-3/h4-7,17H,8-16H2,1-3H3,(H,24,26,30). The molecule has 9 heteroatoms. The number of aryl methyl sites for hydroxylation is 1. The summed E-state index contributed by atoms with van der Waals surface area (Å²) >= 11 is 0. The van der Waals surface area contributed by atoms with Gasteiger partial charge in [0, 0.05) is 58.2 Å². The van der Waals surface area contributed by atoms with Gasteiger partial charge in [0.2, 0.25) is 5.91 Å². The van der Waals surface area contributed by atoms with E-state index in [4.69, 9.17) is 9.47 Å². The largest absolute Gasteiger partial charge is 0.493 e. The van der Waals surface area contributed by atoms with E-state index < -0.39 is 0 Å². The Labute approximate surface area is 188 Å². The number of aromatic nitrogens is 3. The molecule has 9 nitrogen and oxygen atoms in total. The van der Waals surface area contributed by atoms with Gasteiger partial charge < -0.3 is 19.4 Å². The first-order valence-corrected chi connectivity index (χ1v) is 11.1. The predicted molar refractivity (Wildman–Crippen MR) is 122 cm³/mol. The molecule has 3 rings (SSSR count). The Bertz CT molecular complexity index is 921. The molecule has 0 saturated carbocycles. The molecule has 32 heavy (non-hydrogen) atoms. The molecular formula is C23H33N5O4. The lowest BCUT2D eigenvalue weighted by atomic mass is 10.2. The van der Waals surface area contributed by atoms with Crippen molar-refractivity contribution in [3.63, 3.8) is 0 Å². The van der Waals surface area contributed by atoms with E-state index in [1.807, 2.05) is 29.2 Å². The molecule has 0 spiro atoms. The number of carbonyl (C=O) groups is 1. The van der Waals surface area contributed by atoms with Crippen molar-refractivity contribution in [2.24, 2.45) is 5.92 Å². The number of nitrogens with zero attached hydrogens (tertiary/aromatic N) is 4. The van der Waals surface area contributed by atoms with Crippen molar-refractivity contribution in [3.8, 4) is 17.1 Å². The highest BCUT2D eigenvalue weighted by Gasteiger charge is 2.21. The normalized spacial score (nSPS) is 14.7. The van der Waals surface area contributed by atoms with Crippen molar-refractivity contribution in [2.45, 2.75) is 26.7 Å². The Morgan fingerprint density at radius 1 is 1.12 bits per heavy atom. The van der Waals surface area contributed by atoms with Crippen LogP contribution >= 0.6 is 0 Å². The average Bonchev–Trinajstić information content (AvgIpc) is 2.81. The molecule has 0 radical (unpaired) electrons. The zero-order valence-corrected chi connectivity index (χ0v) is 19.2. The molecule has 0 atom stereocenters. The highest BCUT2D eigenvalue weighted by atomic mass is 16.5. The van der Waals surface area contributed by atoms with Crippen molar-refractivity contribution in [2.75, 3.05) is 53.0 Å². The molecule has 1 saturated heterocycles. The van der Waals surface area contributed by atoms with Crippen molar-refractivity contribution >= 4 is 5.91 Å². The second kappa shape index (κ2) is 11.7. The van der Waals surface area contributed by atoms with Crippen LogP contribution in [0.5, 0.6) is 5.75 Å². The number of hydrogen-bond acceptors (Lipinski definition) is 7. The third kappa shape index (κ3) is 6.86. The lowest BCUT2D eigenvalue weighted by Crippen LogP contribution is -2.49. The van der Waals surface area contributed by atoms with Gasteiger partial charge in [-0.3, -0.25) is 14.5 Å². The minimum atomic E-state index is -0.313. The summed E-state index contributed by atoms with van der Waals surface area (Å²) in [5.41, 5.74) is 0.713. The lowest BCUT2D eigenvalue weighted by Gasteiger charge is -2.34. The molecule has 1 aliphatic rings. The van der Waals surface area contributed by atoms with Crippen LogP contribution in [0.25, 0.3) is 11.4 Å². The van der Waals surface area contributed by atoms with Crippen molar-refractivity contribution < 1.29 is 14.3 Å². The maximum absolute atomic E-state index is 12.5. The van der Waals surface area contributed by atoms with E-state index in [0.29, 0.717) is 38.0 Å². The number of hydrogen-bond donors (Lipinski definition) is 1. The number of amides is 1. The molecule has 1 aromatic carbocycles. The smallest absolute Gasteiger partial charge is 0.273 e. The van der Waals surface area contributed by atoms with Gasteiger partial charge in [0.15, 0.2) is 5.82 Å². The average molecular weight is 444 g/mol. The molecule has 2 heterocycles. The molecule has 1 N–H and O–H groups in total. The summed E-state index contributed by atoms with van der Waals surface area (Å²) in [7, 11) is 1.69. The van der Waals surface area contributed by atoms with Crippen LogP contribution in [-0.4, -0.2) is 83.9 Å². The van der Waals surface area contributed by atoms with Crippen LogP contribution in [0.15, 0.2) is 29.1 Å². The van der Waals surface area contributed by atoms with Gasteiger partial charge in [-0.2, -0.15) is 0 Å². The lowest BCUT2D eigenvalue weighted by molar-refractivity contribution is -0.133. The van der Waals surface area contributed by atoms with Crippen LogP contribution < -0.4 is 10.3 Å². The van der Waals surface area contributed by atoms with Gasteiger partial charge in [-0.15, -0.1) is 10.2 Å². The fourth-order valence-electron chi connectivity index (χ4n) is 3.45.